The maximum atomic E-state index is 13.0. The number of thiophene rings is 1. The minimum Gasteiger partial charge on any atom is -0.465 e. The molecule has 0 fully saturated rings. The molecule has 0 aliphatic carbocycles. The number of fused-ring (bicyclic) bond motifs is 2. The number of amides is 1. The normalized spacial score (nSPS) is 12.1. The van der Waals surface area contributed by atoms with E-state index in [0.717, 1.165) is 14.8 Å². The van der Waals surface area contributed by atoms with Gasteiger partial charge in [0.25, 0.3) is 5.91 Å². The van der Waals surface area contributed by atoms with Crippen molar-refractivity contribution in [2.75, 3.05) is 6.61 Å². The summed E-state index contributed by atoms with van der Waals surface area (Å²) in [6, 6.07) is 10.9. The molecule has 0 radical (unpaired) electrons. The first-order valence-corrected chi connectivity index (χ1v) is 11.6. The monoisotopic (exact) mass is 498 g/mol. The van der Waals surface area contributed by atoms with E-state index in [-0.39, 0.29) is 18.2 Å². The van der Waals surface area contributed by atoms with Crippen molar-refractivity contribution in [1.29, 1.82) is 0 Å². The van der Waals surface area contributed by atoms with E-state index < -0.39 is 11.9 Å². The van der Waals surface area contributed by atoms with Crippen molar-refractivity contribution in [3.05, 3.63) is 61.1 Å². The van der Waals surface area contributed by atoms with Crippen LogP contribution in [-0.2, 0) is 16.1 Å². The van der Waals surface area contributed by atoms with E-state index in [2.05, 4.69) is 4.99 Å². The van der Waals surface area contributed by atoms with Gasteiger partial charge in [-0.05, 0) is 25.1 Å². The van der Waals surface area contributed by atoms with Gasteiger partial charge in [0.1, 0.15) is 11.4 Å². The zero-order valence-electron chi connectivity index (χ0n) is 15.4. The number of benzene rings is 2. The van der Waals surface area contributed by atoms with Gasteiger partial charge in [-0.15, -0.1) is 11.3 Å². The molecule has 154 valence electrons. The molecule has 0 unspecified atom stereocenters. The van der Waals surface area contributed by atoms with Crippen LogP contribution in [0.2, 0.25) is 15.1 Å². The van der Waals surface area contributed by atoms with Crippen LogP contribution in [0.1, 0.15) is 16.6 Å². The Morgan fingerprint density at radius 1 is 1.03 bits per heavy atom. The molecule has 0 saturated heterocycles. The lowest BCUT2D eigenvalue weighted by molar-refractivity contribution is -0.143. The largest absolute Gasteiger partial charge is 0.465 e. The summed E-state index contributed by atoms with van der Waals surface area (Å²) in [7, 11) is 0. The van der Waals surface area contributed by atoms with Crippen LogP contribution in [0.5, 0.6) is 0 Å². The van der Waals surface area contributed by atoms with Crippen LogP contribution in [0.25, 0.3) is 20.3 Å². The molecule has 2 aromatic carbocycles. The van der Waals surface area contributed by atoms with E-state index in [1.54, 1.807) is 23.6 Å². The van der Waals surface area contributed by atoms with Gasteiger partial charge in [-0.3, -0.25) is 9.59 Å². The van der Waals surface area contributed by atoms with Gasteiger partial charge in [0.05, 0.1) is 31.9 Å². The minimum absolute atomic E-state index is 0.153. The second-order valence-corrected chi connectivity index (χ2v) is 9.37. The van der Waals surface area contributed by atoms with Crippen LogP contribution in [0.4, 0.5) is 0 Å². The standard InChI is InChI=1S/C20H13Cl3N2O3S2/c1-2-28-14(26)9-25-17-13(8-7-11(21)16(17)23)30-20(25)24-19(27)18-15(22)10-5-3-4-6-12(10)29-18/h3-8H,2,9H2,1H3. The van der Waals surface area contributed by atoms with Crippen LogP contribution >= 0.6 is 57.5 Å². The fourth-order valence-corrected chi connectivity index (χ4v) is 5.87. The highest BCUT2D eigenvalue weighted by Gasteiger charge is 2.19. The lowest BCUT2D eigenvalue weighted by atomic mass is 10.2. The Labute approximate surface area is 194 Å². The van der Waals surface area contributed by atoms with Gasteiger partial charge in [-0.25, -0.2) is 0 Å². The molecule has 2 heterocycles. The highest BCUT2D eigenvalue weighted by molar-refractivity contribution is 7.21. The fraction of sp³-hybridized carbons (Fsp3) is 0.150. The van der Waals surface area contributed by atoms with Crippen molar-refractivity contribution in [2.24, 2.45) is 4.99 Å². The summed E-state index contributed by atoms with van der Waals surface area (Å²) in [6.07, 6.45) is 0. The number of rotatable bonds is 4. The molecule has 30 heavy (non-hydrogen) atoms. The van der Waals surface area contributed by atoms with Gasteiger partial charge in [0.2, 0.25) is 0 Å². The number of nitrogens with zero attached hydrogens (tertiary/aromatic N) is 2. The van der Waals surface area contributed by atoms with Crippen molar-refractivity contribution < 1.29 is 14.3 Å². The quantitative estimate of drug-likeness (QED) is 0.315. The Morgan fingerprint density at radius 2 is 1.80 bits per heavy atom. The number of halogens is 3. The molecule has 0 N–H and O–H groups in total. The molecule has 0 aliphatic rings. The Bertz CT molecular complexity index is 1370. The van der Waals surface area contributed by atoms with Crippen LogP contribution in [0.3, 0.4) is 0 Å². The number of hydrogen-bond donors (Lipinski definition) is 0. The summed E-state index contributed by atoms with van der Waals surface area (Å²) in [5.74, 6) is -0.963. The number of aromatic nitrogens is 1. The smallest absolute Gasteiger partial charge is 0.326 e. The molecule has 0 aliphatic heterocycles. The third-order valence-corrected chi connectivity index (χ3v) is 7.75. The average molecular weight is 500 g/mol. The lowest BCUT2D eigenvalue weighted by Crippen LogP contribution is -2.23. The second kappa shape index (κ2) is 8.69. The number of hydrogen-bond acceptors (Lipinski definition) is 5. The Hall–Kier alpha value is -1.90. The van der Waals surface area contributed by atoms with E-state index in [4.69, 9.17) is 39.5 Å². The molecule has 10 heteroatoms. The number of esters is 1. The van der Waals surface area contributed by atoms with Crippen LogP contribution in [-0.4, -0.2) is 23.1 Å². The number of ether oxygens (including phenoxy) is 1. The number of thiazole rings is 1. The van der Waals surface area contributed by atoms with Crippen LogP contribution in [0.15, 0.2) is 41.4 Å². The highest BCUT2D eigenvalue weighted by atomic mass is 35.5. The summed E-state index contributed by atoms with van der Waals surface area (Å²) in [5.41, 5.74) is 0.524. The SMILES string of the molecule is CCOC(=O)Cn1c(=NC(=O)c2sc3ccccc3c2Cl)sc2ccc(Cl)c(Cl)c21. The number of carbonyl (C=O) groups excluding carboxylic acids is 2. The van der Waals surface area contributed by atoms with E-state index >= 15 is 0 Å². The molecule has 1 amide bonds. The van der Waals surface area contributed by atoms with Gasteiger partial charge in [0, 0.05) is 10.1 Å². The molecule has 0 atom stereocenters. The molecule has 4 rings (SSSR count). The summed E-state index contributed by atoms with van der Waals surface area (Å²) in [6.45, 7) is 1.80. The van der Waals surface area contributed by atoms with Crippen molar-refractivity contribution in [3.8, 4) is 0 Å². The zero-order valence-corrected chi connectivity index (χ0v) is 19.3. The third kappa shape index (κ3) is 3.88. The van der Waals surface area contributed by atoms with Crippen LogP contribution < -0.4 is 4.80 Å². The lowest BCUT2D eigenvalue weighted by Gasteiger charge is -2.06. The van der Waals surface area contributed by atoms with Gasteiger partial charge in [-0.2, -0.15) is 4.99 Å². The molecular weight excluding hydrogens is 487 g/mol. The van der Waals surface area contributed by atoms with E-state index in [0.29, 0.717) is 25.2 Å². The van der Waals surface area contributed by atoms with Crippen molar-refractivity contribution in [3.63, 3.8) is 0 Å². The molecular formula is C20H13Cl3N2O3S2. The molecule has 0 saturated carbocycles. The molecule has 0 bridgehead atoms. The van der Waals surface area contributed by atoms with E-state index in [1.165, 1.54) is 22.7 Å². The van der Waals surface area contributed by atoms with Crippen molar-refractivity contribution in [1.82, 2.24) is 4.57 Å². The summed E-state index contributed by atoms with van der Waals surface area (Å²) in [5, 5.41) is 1.78. The van der Waals surface area contributed by atoms with Crippen molar-refractivity contribution >= 4 is 89.7 Å². The zero-order chi connectivity index (χ0) is 21.4. The van der Waals surface area contributed by atoms with Gasteiger partial charge < -0.3 is 9.30 Å². The Morgan fingerprint density at radius 3 is 2.53 bits per heavy atom. The Balaban J connectivity index is 1.89. The topological polar surface area (TPSA) is 60.7 Å². The van der Waals surface area contributed by atoms with E-state index in [1.807, 2.05) is 24.3 Å². The fourth-order valence-electron chi connectivity index (χ4n) is 2.96. The molecule has 2 aromatic heterocycles. The maximum absolute atomic E-state index is 13.0. The minimum atomic E-state index is -0.493. The predicted octanol–water partition coefficient (Wildman–Crippen LogP) is 6.18. The maximum Gasteiger partial charge on any atom is 0.326 e. The summed E-state index contributed by atoms with van der Waals surface area (Å²) >= 11 is 21.5. The third-order valence-electron chi connectivity index (χ3n) is 4.25. The van der Waals surface area contributed by atoms with E-state index in [9.17, 15) is 9.59 Å². The Kier molecular flexibility index (Phi) is 6.18. The summed E-state index contributed by atoms with van der Waals surface area (Å²) in [4.78, 5) is 30.1. The first-order chi connectivity index (χ1) is 14.4. The summed E-state index contributed by atoms with van der Waals surface area (Å²) < 4.78 is 8.24. The highest BCUT2D eigenvalue weighted by Crippen LogP contribution is 2.36. The van der Waals surface area contributed by atoms with Crippen molar-refractivity contribution in [2.45, 2.75) is 13.5 Å². The van der Waals surface area contributed by atoms with Gasteiger partial charge in [0.15, 0.2) is 4.80 Å². The number of carbonyl (C=O) groups is 2. The second-order valence-electron chi connectivity index (χ2n) is 6.14. The first kappa shape index (κ1) is 21.3. The molecule has 5 nitrogen and oxygen atoms in total. The van der Waals surface area contributed by atoms with Crippen LogP contribution in [0, 0.1) is 0 Å². The van der Waals surface area contributed by atoms with Gasteiger partial charge in [-0.1, -0.05) is 64.3 Å². The molecule has 4 aromatic rings. The molecule has 0 spiro atoms. The predicted molar refractivity (Wildman–Crippen MR) is 123 cm³/mol. The first-order valence-electron chi connectivity index (χ1n) is 8.79. The van der Waals surface area contributed by atoms with Gasteiger partial charge >= 0.3 is 5.97 Å². The average Bonchev–Trinajstić information content (AvgIpc) is 3.23.